The minimum atomic E-state index is -0.0770. The van der Waals surface area contributed by atoms with Crippen molar-refractivity contribution in [1.82, 2.24) is 9.80 Å². The van der Waals surface area contributed by atoms with Crippen LogP contribution in [-0.4, -0.2) is 97.6 Å². The number of rotatable bonds is 41. The third-order valence-electron chi connectivity index (χ3n) is 10.3. The van der Waals surface area contributed by atoms with Gasteiger partial charge >= 0.3 is 11.9 Å². The van der Waals surface area contributed by atoms with Gasteiger partial charge in [-0.25, -0.2) is 0 Å². The van der Waals surface area contributed by atoms with E-state index in [1.807, 2.05) is 0 Å². The monoisotopic (exact) mass is 727 g/mol. The number of hydrogen-bond acceptors (Lipinski definition) is 8. The Kier molecular flexibility index (Phi) is 39.0. The van der Waals surface area contributed by atoms with Gasteiger partial charge in [-0.05, 0) is 57.5 Å². The summed E-state index contributed by atoms with van der Waals surface area (Å²) in [6.07, 6.45) is 30.4. The highest BCUT2D eigenvalue weighted by Gasteiger charge is 2.12. The van der Waals surface area contributed by atoms with Crippen LogP contribution in [-0.2, 0) is 19.1 Å². The zero-order chi connectivity index (χ0) is 37.5. The number of carbonyl (C=O) groups is 2. The van der Waals surface area contributed by atoms with E-state index >= 15 is 0 Å². The van der Waals surface area contributed by atoms with E-state index in [-0.39, 0.29) is 25.2 Å². The smallest absolute Gasteiger partial charge is 0.305 e. The van der Waals surface area contributed by atoms with Crippen molar-refractivity contribution in [3.8, 4) is 0 Å². The molecule has 0 aromatic heterocycles. The molecule has 0 aliphatic carbocycles. The molecule has 0 atom stereocenters. The fourth-order valence-corrected chi connectivity index (χ4v) is 6.86. The van der Waals surface area contributed by atoms with Crippen molar-refractivity contribution in [2.24, 2.45) is 5.92 Å². The lowest BCUT2D eigenvalue weighted by atomic mass is 9.92. The van der Waals surface area contributed by atoms with E-state index in [9.17, 15) is 19.8 Å². The number of hydrogen-bond donors (Lipinski definition) is 2. The molecule has 0 saturated carbocycles. The summed E-state index contributed by atoms with van der Waals surface area (Å²) in [5.41, 5.74) is 0. The van der Waals surface area contributed by atoms with Gasteiger partial charge in [0, 0.05) is 39.0 Å². The molecule has 2 N–H and O–H groups in total. The van der Waals surface area contributed by atoms with Gasteiger partial charge in [0.15, 0.2) is 0 Å². The van der Waals surface area contributed by atoms with E-state index in [0.29, 0.717) is 45.1 Å². The second kappa shape index (κ2) is 40.0. The van der Waals surface area contributed by atoms with Crippen LogP contribution in [0.3, 0.4) is 0 Å². The number of unbranched alkanes of at least 4 members (excludes halogenated alkanes) is 17. The maximum atomic E-state index is 12.4. The number of aliphatic hydroxyl groups excluding tert-OH is 2. The zero-order valence-corrected chi connectivity index (χ0v) is 34.2. The van der Waals surface area contributed by atoms with Gasteiger partial charge in [-0.3, -0.25) is 19.4 Å². The lowest BCUT2D eigenvalue weighted by Crippen LogP contribution is -2.38. The maximum Gasteiger partial charge on any atom is 0.305 e. The summed E-state index contributed by atoms with van der Waals surface area (Å²) in [7, 11) is 0. The second-order valence-electron chi connectivity index (χ2n) is 15.0. The quantitative estimate of drug-likeness (QED) is 0.0475. The molecule has 0 unspecified atom stereocenters. The molecule has 0 amide bonds. The molecule has 0 rings (SSSR count). The molecule has 0 bridgehead atoms. The molecule has 0 saturated heterocycles. The van der Waals surface area contributed by atoms with E-state index in [0.717, 1.165) is 84.0 Å². The molecule has 0 aliphatic rings. The Morgan fingerprint density at radius 2 is 0.824 bits per heavy atom. The van der Waals surface area contributed by atoms with Gasteiger partial charge < -0.3 is 19.7 Å². The van der Waals surface area contributed by atoms with Crippen molar-refractivity contribution < 1.29 is 29.3 Å². The summed E-state index contributed by atoms with van der Waals surface area (Å²) < 4.78 is 11.1. The van der Waals surface area contributed by atoms with Crippen LogP contribution in [0, 0.1) is 5.92 Å². The first kappa shape index (κ1) is 49.8. The summed E-state index contributed by atoms with van der Waals surface area (Å²) in [5, 5.41) is 19.2. The fourth-order valence-electron chi connectivity index (χ4n) is 6.86. The predicted molar refractivity (Wildman–Crippen MR) is 214 cm³/mol. The van der Waals surface area contributed by atoms with Crippen LogP contribution in [0.25, 0.3) is 0 Å². The summed E-state index contributed by atoms with van der Waals surface area (Å²) in [6.45, 7) is 12.8. The Balaban J connectivity index is 4.12. The molecule has 0 aromatic carbocycles. The van der Waals surface area contributed by atoms with Crippen LogP contribution in [0.1, 0.15) is 194 Å². The molecule has 8 nitrogen and oxygen atoms in total. The highest BCUT2D eigenvalue weighted by atomic mass is 16.5. The Morgan fingerprint density at radius 3 is 1.27 bits per heavy atom. The molecule has 304 valence electrons. The third kappa shape index (κ3) is 35.6. The first-order valence-corrected chi connectivity index (χ1v) is 22.0. The first-order chi connectivity index (χ1) is 25.0. The number of esters is 2. The molecule has 8 heteroatoms. The highest BCUT2D eigenvalue weighted by molar-refractivity contribution is 5.69. The SMILES string of the molecule is CCCCCCCCCCOC(=O)CCCCCN(CCO)CCN(CCO)CCCCCC(=O)OCCC(CCCCCC)CCCCCC. The molecule has 0 aromatic rings. The first-order valence-electron chi connectivity index (χ1n) is 22.0. The zero-order valence-electron chi connectivity index (χ0n) is 34.2. The van der Waals surface area contributed by atoms with Crippen LogP contribution in [0.15, 0.2) is 0 Å². The number of ether oxygens (including phenoxy) is 2. The number of carbonyl (C=O) groups excluding carboxylic acids is 2. The lowest BCUT2D eigenvalue weighted by molar-refractivity contribution is -0.145. The van der Waals surface area contributed by atoms with Gasteiger partial charge in [0.05, 0.1) is 26.4 Å². The van der Waals surface area contributed by atoms with Crippen LogP contribution in [0.2, 0.25) is 0 Å². The third-order valence-corrected chi connectivity index (χ3v) is 10.3. The summed E-state index contributed by atoms with van der Waals surface area (Å²) in [4.78, 5) is 29.1. The van der Waals surface area contributed by atoms with E-state index in [2.05, 4.69) is 30.6 Å². The van der Waals surface area contributed by atoms with E-state index < -0.39 is 0 Å². The van der Waals surface area contributed by atoms with Crippen LogP contribution < -0.4 is 0 Å². The van der Waals surface area contributed by atoms with Crippen molar-refractivity contribution in [3.05, 3.63) is 0 Å². The van der Waals surface area contributed by atoms with E-state index in [1.54, 1.807) is 0 Å². The highest BCUT2D eigenvalue weighted by Crippen LogP contribution is 2.22. The Labute approximate surface area is 316 Å². The maximum absolute atomic E-state index is 12.4. The molecular weight excluding hydrogens is 640 g/mol. The minimum absolute atomic E-state index is 0.0618. The topological polar surface area (TPSA) is 99.5 Å². The Bertz CT molecular complexity index is 727. The molecule has 51 heavy (non-hydrogen) atoms. The van der Waals surface area contributed by atoms with Gasteiger partial charge in [-0.2, -0.15) is 0 Å². The van der Waals surface area contributed by atoms with Gasteiger partial charge in [-0.1, -0.05) is 143 Å². The summed E-state index contributed by atoms with van der Waals surface area (Å²) in [5.74, 6) is 0.544. The number of nitrogens with zero attached hydrogens (tertiary/aromatic N) is 2. The average Bonchev–Trinajstić information content (AvgIpc) is 3.12. The minimum Gasteiger partial charge on any atom is -0.466 e. The van der Waals surface area contributed by atoms with E-state index in [1.165, 1.54) is 103 Å². The van der Waals surface area contributed by atoms with Crippen molar-refractivity contribution in [2.45, 2.75) is 194 Å². The van der Waals surface area contributed by atoms with Gasteiger partial charge in [-0.15, -0.1) is 0 Å². The number of aliphatic hydroxyl groups is 2. The molecular formula is C43H86N2O6. The second-order valence-corrected chi connectivity index (χ2v) is 15.0. The normalized spacial score (nSPS) is 11.7. The standard InChI is InChI=1S/C43H86N2O6/c1-4-7-10-13-14-15-16-25-39-50-42(48)28-21-17-23-31-44(35-37-46)33-34-45(36-38-47)32-24-18-22-29-43(49)51-40-30-41(26-19-11-8-5-2)27-20-12-9-6-3/h41,46-47H,4-40H2,1-3H3. The van der Waals surface area contributed by atoms with Crippen molar-refractivity contribution >= 4 is 11.9 Å². The van der Waals surface area contributed by atoms with Crippen molar-refractivity contribution in [3.63, 3.8) is 0 Å². The molecule has 0 fully saturated rings. The van der Waals surface area contributed by atoms with E-state index in [4.69, 9.17) is 9.47 Å². The summed E-state index contributed by atoms with van der Waals surface area (Å²) >= 11 is 0. The molecule has 0 aliphatic heterocycles. The summed E-state index contributed by atoms with van der Waals surface area (Å²) in [6, 6.07) is 0. The average molecular weight is 727 g/mol. The van der Waals surface area contributed by atoms with Gasteiger partial charge in [0.2, 0.25) is 0 Å². The Hall–Kier alpha value is -1.22. The molecule has 0 heterocycles. The largest absolute Gasteiger partial charge is 0.466 e. The van der Waals surface area contributed by atoms with Gasteiger partial charge in [0.25, 0.3) is 0 Å². The molecule has 0 radical (unpaired) electrons. The lowest BCUT2D eigenvalue weighted by Gasteiger charge is -2.27. The van der Waals surface area contributed by atoms with Crippen LogP contribution >= 0.6 is 0 Å². The molecule has 0 spiro atoms. The van der Waals surface area contributed by atoms with Crippen molar-refractivity contribution in [2.75, 3.05) is 65.7 Å². The van der Waals surface area contributed by atoms with Crippen LogP contribution in [0.4, 0.5) is 0 Å². The van der Waals surface area contributed by atoms with Crippen LogP contribution in [0.5, 0.6) is 0 Å². The van der Waals surface area contributed by atoms with Crippen molar-refractivity contribution in [1.29, 1.82) is 0 Å². The van der Waals surface area contributed by atoms with Gasteiger partial charge in [0.1, 0.15) is 0 Å². The Morgan fingerprint density at radius 1 is 0.431 bits per heavy atom. The fraction of sp³-hybridized carbons (Fsp3) is 0.953. The predicted octanol–water partition coefficient (Wildman–Crippen LogP) is 9.87.